The first-order chi connectivity index (χ1) is 15.4. The van der Waals surface area contributed by atoms with E-state index in [2.05, 4.69) is 50.4 Å². The van der Waals surface area contributed by atoms with E-state index in [0.717, 1.165) is 50.0 Å². The highest BCUT2D eigenvalue weighted by Gasteiger charge is 2.27. The Hall–Kier alpha value is -3.20. The molecule has 4 rings (SSSR count). The van der Waals surface area contributed by atoms with E-state index in [1.165, 1.54) is 5.69 Å². The molecule has 1 aromatic heterocycles. The summed E-state index contributed by atoms with van der Waals surface area (Å²) in [6, 6.07) is 5.72. The zero-order valence-electron chi connectivity index (χ0n) is 18.5. The summed E-state index contributed by atoms with van der Waals surface area (Å²) in [7, 11) is 2.14. The summed E-state index contributed by atoms with van der Waals surface area (Å²) >= 11 is 0. The van der Waals surface area contributed by atoms with Crippen molar-refractivity contribution in [3.63, 3.8) is 0 Å². The lowest BCUT2D eigenvalue weighted by Crippen LogP contribution is -2.44. The highest BCUT2D eigenvalue weighted by atomic mass is 19.1. The minimum Gasteiger partial charge on any atom is -0.369 e. The summed E-state index contributed by atoms with van der Waals surface area (Å²) in [6.07, 6.45) is 6.32. The Kier molecular flexibility index (Phi) is 6.55. The van der Waals surface area contributed by atoms with Gasteiger partial charge >= 0.3 is 0 Å². The maximum Gasteiger partial charge on any atom is 0.229 e. The van der Waals surface area contributed by atoms with Crippen LogP contribution in [0.15, 0.2) is 36.5 Å². The number of anilines is 4. The summed E-state index contributed by atoms with van der Waals surface area (Å²) in [4.78, 5) is 24.8. The van der Waals surface area contributed by atoms with Gasteiger partial charge in [0.25, 0.3) is 0 Å². The van der Waals surface area contributed by atoms with E-state index < -0.39 is 23.7 Å². The number of likely N-dealkylation sites (N-methyl/N-ethyl adjacent to an activating group) is 1. The maximum absolute atomic E-state index is 14.4. The predicted octanol–water partition coefficient (Wildman–Crippen LogP) is 2.65. The van der Waals surface area contributed by atoms with Crippen molar-refractivity contribution in [1.29, 1.82) is 0 Å². The SMILES string of the molecule is Cc1cc(Nc2ncc(F)c(N[C@H]3C=CCC[C@H]3C(N)=O)n2)ccc1N1CCN(C)CC1. The fourth-order valence-corrected chi connectivity index (χ4v) is 4.25. The number of piperazine rings is 1. The topological polar surface area (TPSA) is 99.4 Å². The molecule has 0 radical (unpaired) electrons. The Morgan fingerprint density at radius 2 is 2.03 bits per heavy atom. The zero-order chi connectivity index (χ0) is 22.7. The normalized spacial score (nSPS) is 21.4. The van der Waals surface area contributed by atoms with Crippen molar-refractivity contribution in [2.75, 3.05) is 48.8 Å². The number of benzene rings is 1. The molecule has 2 atom stereocenters. The number of hydrogen-bond donors (Lipinski definition) is 3. The molecule has 32 heavy (non-hydrogen) atoms. The molecule has 0 bridgehead atoms. The molecule has 0 spiro atoms. The average molecular weight is 440 g/mol. The minimum atomic E-state index is -0.584. The first-order valence-electron chi connectivity index (χ1n) is 11.0. The Balaban J connectivity index is 1.48. The number of carbonyl (C=O) groups excluding carboxylic acids is 1. The van der Waals surface area contributed by atoms with Gasteiger partial charge in [0, 0.05) is 37.6 Å². The van der Waals surface area contributed by atoms with Crippen LogP contribution in [0.5, 0.6) is 0 Å². The molecular formula is C23H30FN7O. The Bertz CT molecular complexity index is 1000. The van der Waals surface area contributed by atoms with Crippen LogP contribution in [0.3, 0.4) is 0 Å². The van der Waals surface area contributed by atoms with Gasteiger partial charge in [-0.1, -0.05) is 12.2 Å². The van der Waals surface area contributed by atoms with E-state index >= 15 is 0 Å². The number of aromatic nitrogens is 2. The van der Waals surface area contributed by atoms with Gasteiger partial charge in [-0.2, -0.15) is 4.98 Å². The van der Waals surface area contributed by atoms with Gasteiger partial charge in [0.2, 0.25) is 11.9 Å². The molecule has 1 aromatic carbocycles. The van der Waals surface area contributed by atoms with Gasteiger partial charge in [-0.3, -0.25) is 4.79 Å². The van der Waals surface area contributed by atoms with Crippen LogP contribution >= 0.6 is 0 Å². The van der Waals surface area contributed by atoms with E-state index in [-0.39, 0.29) is 11.8 Å². The summed E-state index contributed by atoms with van der Waals surface area (Å²) in [5, 5.41) is 6.16. The third-order valence-electron chi connectivity index (χ3n) is 6.13. The van der Waals surface area contributed by atoms with Crippen molar-refractivity contribution >= 4 is 29.0 Å². The van der Waals surface area contributed by atoms with Crippen LogP contribution in [0.2, 0.25) is 0 Å². The molecule has 8 nitrogen and oxygen atoms in total. The van der Waals surface area contributed by atoms with Crippen molar-refractivity contribution in [1.82, 2.24) is 14.9 Å². The number of halogens is 1. The molecule has 9 heteroatoms. The monoisotopic (exact) mass is 439 g/mol. The Morgan fingerprint density at radius 1 is 1.25 bits per heavy atom. The van der Waals surface area contributed by atoms with Crippen LogP contribution in [0.4, 0.5) is 27.5 Å². The lowest BCUT2D eigenvalue weighted by atomic mass is 9.89. The molecule has 4 N–H and O–H groups in total. The maximum atomic E-state index is 14.4. The number of primary amides is 1. The number of allylic oxidation sites excluding steroid dienone is 1. The van der Waals surface area contributed by atoms with Gasteiger partial charge in [0.1, 0.15) is 0 Å². The number of carbonyl (C=O) groups is 1. The van der Waals surface area contributed by atoms with Crippen LogP contribution in [0.1, 0.15) is 18.4 Å². The van der Waals surface area contributed by atoms with E-state index in [4.69, 9.17) is 5.73 Å². The molecule has 1 saturated heterocycles. The molecule has 0 unspecified atom stereocenters. The number of nitrogens with two attached hydrogens (primary N) is 1. The van der Waals surface area contributed by atoms with Crippen LogP contribution in [-0.2, 0) is 4.79 Å². The smallest absolute Gasteiger partial charge is 0.229 e. The molecule has 2 aliphatic rings. The van der Waals surface area contributed by atoms with Crippen molar-refractivity contribution < 1.29 is 9.18 Å². The van der Waals surface area contributed by atoms with Crippen molar-refractivity contribution in [2.45, 2.75) is 25.8 Å². The molecule has 1 aliphatic heterocycles. The predicted molar refractivity (Wildman–Crippen MR) is 125 cm³/mol. The standard InChI is InChI=1S/C23H30FN7O/c1-15-13-16(7-8-20(15)31-11-9-30(2)10-12-31)27-23-26-14-18(24)22(29-23)28-19-6-4-3-5-17(19)21(25)32/h4,6-8,13-14,17,19H,3,5,9-12H2,1-2H3,(H2,25,32)(H2,26,27,28,29)/t17-,19+/m1/s1. The van der Waals surface area contributed by atoms with E-state index in [9.17, 15) is 9.18 Å². The summed E-state index contributed by atoms with van der Waals surface area (Å²) in [5.74, 6) is -1.09. The van der Waals surface area contributed by atoms with E-state index in [1.54, 1.807) is 0 Å². The first kappa shape index (κ1) is 22.0. The average Bonchev–Trinajstić information content (AvgIpc) is 2.77. The van der Waals surface area contributed by atoms with Crippen LogP contribution in [0.25, 0.3) is 0 Å². The van der Waals surface area contributed by atoms with Gasteiger partial charge in [0.15, 0.2) is 11.6 Å². The molecule has 1 aliphatic carbocycles. The number of nitrogens with zero attached hydrogens (tertiary/aromatic N) is 4. The lowest BCUT2D eigenvalue weighted by molar-refractivity contribution is -0.122. The van der Waals surface area contributed by atoms with Gasteiger partial charge in [0.05, 0.1) is 18.2 Å². The molecule has 0 saturated carbocycles. The molecule has 1 fully saturated rings. The van der Waals surface area contributed by atoms with Crippen LogP contribution in [-0.4, -0.2) is 60.0 Å². The van der Waals surface area contributed by atoms with Gasteiger partial charge in [-0.05, 0) is 50.6 Å². The Morgan fingerprint density at radius 3 is 2.75 bits per heavy atom. The second-order valence-corrected chi connectivity index (χ2v) is 8.49. The molecular weight excluding hydrogens is 409 g/mol. The highest BCUT2D eigenvalue weighted by molar-refractivity contribution is 5.78. The highest BCUT2D eigenvalue weighted by Crippen LogP contribution is 2.27. The van der Waals surface area contributed by atoms with E-state index in [0.29, 0.717) is 6.42 Å². The number of aryl methyl sites for hydroxylation is 1. The van der Waals surface area contributed by atoms with Crippen molar-refractivity contribution in [3.8, 4) is 0 Å². The number of hydrogen-bond acceptors (Lipinski definition) is 7. The molecule has 170 valence electrons. The second-order valence-electron chi connectivity index (χ2n) is 8.49. The van der Waals surface area contributed by atoms with Gasteiger partial charge in [-0.15, -0.1) is 0 Å². The van der Waals surface area contributed by atoms with Gasteiger partial charge < -0.3 is 26.2 Å². The Labute approximate surface area is 187 Å². The van der Waals surface area contributed by atoms with E-state index in [1.807, 2.05) is 24.3 Å². The van der Waals surface area contributed by atoms with Crippen molar-refractivity contribution in [2.24, 2.45) is 11.7 Å². The summed E-state index contributed by atoms with van der Waals surface area (Å²) in [5.41, 5.74) is 8.70. The molecule has 2 aromatic rings. The number of rotatable bonds is 6. The van der Waals surface area contributed by atoms with Crippen molar-refractivity contribution in [3.05, 3.63) is 47.9 Å². The number of nitrogens with one attached hydrogen (secondary N) is 2. The van der Waals surface area contributed by atoms with Crippen LogP contribution in [0, 0.1) is 18.7 Å². The third-order valence-corrected chi connectivity index (χ3v) is 6.13. The fourth-order valence-electron chi connectivity index (χ4n) is 4.25. The molecule has 1 amide bonds. The minimum absolute atomic E-state index is 0.0380. The number of amides is 1. The summed E-state index contributed by atoms with van der Waals surface area (Å²) in [6.45, 7) is 6.18. The lowest BCUT2D eigenvalue weighted by Gasteiger charge is -2.35. The third kappa shape index (κ3) is 4.99. The van der Waals surface area contributed by atoms with Gasteiger partial charge in [-0.25, -0.2) is 9.37 Å². The zero-order valence-corrected chi connectivity index (χ0v) is 18.5. The quantitative estimate of drug-likeness (QED) is 0.595. The summed E-state index contributed by atoms with van der Waals surface area (Å²) < 4.78 is 14.4. The molecule has 2 heterocycles. The first-order valence-corrected chi connectivity index (χ1v) is 11.0. The fraction of sp³-hybridized carbons (Fsp3) is 0.435. The second kappa shape index (κ2) is 9.52. The van der Waals surface area contributed by atoms with Crippen LogP contribution < -0.4 is 21.3 Å². The largest absolute Gasteiger partial charge is 0.369 e.